The Balaban J connectivity index is 2.03. The molecule has 0 bridgehead atoms. The molecule has 2 aromatic rings. The average molecular weight is 606 g/mol. The number of aryl methyl sites for hydroxylation is 1. The average Bonchev–Trinajstić information content (AvgIpc) is 3.07. The number of aliphatic hydroxyl groups is 1. The van der Waals surface area contributed by atoms with Crippen LogP contribution in [0.3, 0.4) is 0 Å². The van der Waals surface area contributed by atoms with E-state index in [1.165, 1.54) is 21.7 Å². The molecular formula is C21H27IN4O7S. The van der Waals surface area contributed by atoms with E-state index in [1.54, 1.807) is 32.9 Å². The Kier molecular flexibility index (Phi) is 7.32. The number of hydrogen-bond donors (Lipinski definition) is 2. The Morgan fingerprint density at radius 3 is 2.41 bits per heavy atom. The lowest BCUT2D eigenvalue weighted by Crippen LogP contribution is -2.58. The third-order valence-electron chi connectivity index (χ3n) is 5.20. The molecule has 0 fully saturated rings. The van der Waals surface area contributed by atoms with Gasteiger partial charge < -0.3 is 15.6 Å². The van der Waals surface area contributed by atoms with E-state index < -0.39 is 46.5 Å². The molecule has 1 aromatic carbocycles. The second-order valence-electron chi connectivity index (χ2n) is 9.14. The van der Waals surface area contributed by atoms with Gasteiger partial charge in [0.1, 0.15) is 14.8 Å². The monoisotopic (exact) mass is 606 g/mol. The fourth-order valence-electron chi connectivity index (χ4n) is 3.55. The molecular weight excluding hydrogens is 579 g/mol. The lowest BCUT2D eigenvalue weighted by atomic mass is 9.97. The first-order valence-corrected chi connectivity index (χ1v) is 12.8. The predicted molar refractivity (Wildman–Crippen MR) is 129 cm³/mol. The molecule has 0 saturated heterocycles. The van der Waals surface area contributed by atoms with Crippen molar-refractivity contribution in [3.05, 3.63) is 44.8 Å². The van der Waals surface area contributed by atoms with E-state index in [0.717, 1.165) is 5.56 Å². The lowest BCUT2D eigenvalue weighted by Gasteiger charge is -2.42. The number of ether oxygens (including phenoxy) is 1. The summed E-state index contributed by atoms with van der Waals surface area (Å²) >= 11 is 1.82. The molecule has 1 atom stereocenters. The van der Waals surface area contributed by atoms with Gasteiger partial charge >= 0.3 is 6.09 Å². The number of nitrogens with two attached hydrogens (primary N) is 1. The second kappa shape index (κ2) is 9.43. The summed E-state index contributed by atoms with van der Waals surface area (Å²) < 4.78 is 38.0. The van der Waals surface area contributed by atoms with Gasteiger partial charge in [0, 0.05) is 0 Å². The second-order valence-corrected chi connectivity index (χ2v) is 11.8. The molecule has 2 heterocycles. The lowest BCUT2D eigenvalue weighted by molar-refractivity contribution is -0.0184. The molecule has 2 amide bonds. The highest BCUT2D eigenvalue weighted by Gasteiger charge is 2.46. The summed E-state index contributed by atoms with van der Waals surface area (Å²) in [5.74, 6) is -0.767. The van der Waals surface area contributed by atoms with Gasteiger partial charge in [-0.05, 0) is 62.4 Å². The van der Waals surface area contributed by atoms with Crippen LogP contribution in [0.2, 0.25) is 0 Å². The van der Waals surface area contributed by atoms with Crippen molar-refractivity contribution in [3.63, 3.8) is 0 Å². The standard InChI is InChI=1S/C21H27IN4O7S/c1-13-5-7-14(8-6-13)34(30,31)32-12-21(11-27)10-25(19(29)33-20(2,3)4)9-15-16(18(23)28)17(22)24-26(15)21/h5-8,27H,9-12H2,1-4H3,(H2,23,28). The zero-order valence-corrected chi connectivity index (χ0v) is 22.2. The molecule has 1 aliphatic rings. The Morgan fingerprint density at radius 2 is 1.88 bits per heavy atom. The molecule has 1 unspecified atom stereocenters. The largest absolute Gasteiger partial charge is 0.444 e. The number of carbonyl (C=O) groups is 2. The van der Waals surface area contributed by atoms with Crippen LogP contribution in [0, 0.1) is 10.6 Å². The third kappa shape index (κ3) is 5.37. The van der Waals surface area contributed by atoms with E-state index in [4.69, 9.17) is 14.7 Å². The van der Waals surface area contributed by atoms with Crippen molar-refractivity contribution >= 4 is 44.7 Å². The number of carbonyl (C=O) groups excluding carboxylic acids is 2. The van der Waals surface area contributed by atoms with Crippen molar-refractivity contribution in [3.8, 4) is 0 Å². The summed E-state index contributed by atoms with van der Waals surface area (Å²) in [6.07, 6.45) is -0.704. The van der Waals surface area contributed by atoms with Crippen LogP contribution in [-0.2, 0) is 31.1 Å². The summed E-state index contributed by atoms with van der Waals surface area (Å²) in [5.41, 5.74) is 4.43. The molecule has 1 aromatic heterocycles. The number of amides is 2. The first-order valence-electron chi connectivity index (χ1n) is 10.3. The topological polar surface area (TPSA) is 154 Å². The molecule has 0 aliphatic carbocycles. The first-order chi connectivity index (χ1) is 15.7. The smallest absolute Gasteiger partial charge is 0.410 e. The van der Waals surface area contributed by atoms with Crippen LogP contribution in [0.4, 0.5) is 4.79 Å². The van der Waals surface area contributed by atoms with Crippen LogP contribution in [0.5, 0.6) is 0 Å². The van der Waals surface area contributed by atoms with Crippen LogP contribution in [0.25, 0.3) is 0 Å². The Hall–Kier alpha value is -2.23. The number of aliphatic hydroxyl groups excluding tert-OH is 1. The summed E-state index contributed by atoms with van der Waals surface area (Å²) in [6.45, 7) is 5.48. The SMILES string of the molecule is Cc1ccc(S(=O)(=O)OCC2(CO)CN(C(=O)OC(C)(C)C)Cc3c(C(N)=O)c(I)nn32)cc1. The Morgan fingerprint density at radius 1 is 1.26 bits per heavy atom. The van der Waals surface area contributed by atoms with Crippen molar-refractivity contribution in [2.24, 2.45) is 5.73 Å². The van der Waals surface area contributed by atoms with Crippen molar-refractivity contribution < 1.29 is 32.0 Å². The minimum atomic E-state index is -4.19. The molecule has 0 spiro atoms. The molecule has 11 nitrogen and oxygen atoms in total. The summed E-state index contributed by atoms with van der Waals surface area (Å²) in [7, 11) is -4.19. The van der Waals surface area contributed by atoms with E-state index in [-0.39, 0.29) is 32.9 Å². The van der Waals surface area contributed by atoms with Crippen LogP contribution < -0.4 is 5.73 Å². The third-order valence-corrected chi connectivity index (χ3v) is 7.23. The van der Waals surface area contributed by atoms with Crippen LogP contribution in [0.1, 0.15) is 42.4 Å². The zero-order valence-electron chi connectivity index (χ0n) is 19.2. The maximum absolute atomic E-state index is 12.9. The summed E-state index contributed by atoms with van der Waals surface area (Å²) in [5, 5.41) is 14.8. The van der Waals surface area contributed by atoms with Crippen molar-refractivity contribution in [1.82, 2.24) is 14.7 Å². The quantitative estimate of drug-likeness (QED) is 0.373. The zero-order chi connectivity index (χ0) is 25.5. The fraction of sp³-hybridized carbons (Fsp3) is 0.476. The summed E-state index contributed by atoms with van der Waals surface area (Å²) in [6, 6.07) is 6.10. The number of fused-ring (bicyclic) bond motifs is 1. The van der Waals surface area contributed by atoms with E-state index in [1.807, 2.05) is 29.5 Å². The Labute approximate surface area is 211 Å². The van der Waals surface area contributed by atoms with Gasteiger partial charge in [-0.1, -0.05) is 17.7 Å². The van der Waals surface area contributed by atoms with E-state index in [9.17, 15) is 23.1 Å². The van der Waals surface area contributed by atoms with Gasteiger partial charge in [-0.25, -0.2) is 4.79 Å². The number of rotatable bonds is 6. The van der Waals surface area contributed by atoms with Crippen LogP contribution >= 0.6 is 22.6 Å². The molecule has 186 valence electrons. The molecule has 1 aliphatic heterocycles. The van der Waals surface area contributed by atoms with Crippen molar-refractivity contribution in [1.29, 1.82) is 0 Å². The minimum absolute atomic E-state index is 0.0564. The fourth-order valence-corrected chi connectivity index (χ4v) is 5.32. The number of hydrogen-bond acceptors (Lipinski definition) is 8. The highest BCUT2D eigenvalue weighted by atomic mass is 127. The van der Waals surface area contributed by atoms with E-state index in [0.29, 0.717) is 0 Å². The highest BCUT2D eigenvalue weighted by molar-refractivity contribution is 14.1. The van der Waals surface area contributed by atoms with Gasteiger partial charge in [0.05, 0.1) is 42.5 Å². The first kappa shape index (κ1) is 26.4. The number of benzene rings is 1. The van der Waals surface area contributed by atoms with Crippen LogP contribution in [-0.4, -0.2) is 65.6 Å². The molecule has 34 heavy (non-hydrogen) atoms. The number of primary amides is 1. The highest BCUT2D eigenvalue weighted by Crippen LogP contribution is 2.33. The normalized spacial score (nSPS) is 18.5. The van der Waals surface area contributed by atoms with Gasteiger partial charge in [-0.3, -0.25) is 18.6 Å². The van der Waals surface area contributed by atoms with Gasteiger partial charge in [-0.2, -0.15) is 13.5 Å². The molecule has 0 radical (unpaired) electrons. The predicted octanol–water partition coefficient (Wildman–Crippen LogP) is 1.74. The minimum Gasteiger partial charge on any atom is -0.444 e. The maximum atomic E-state index is 12.9. The maximum Gasteiger partial charge on any atom is 0.410 e. The number of nitrogens with zero attached hydrogens (tertiary/aromatic N) is 3. The molecule has 0 saturated carbocycles. The Bertz CT molecular complexity index is 1200. The molecule has 3 rings (SSSR count). The van der Waals surface area contributed by atoms with Gasteiger partial charge in [0.2, 0.25) is 0 Å². The number of halogens is 1. The molecule has 3 N–H and O–H groups in total. The van der Waals surface area contributed by atoms with Gasteiger partial charge in [0.15, 0.2) is 0 Å². The van der Waals surface area contributed by atoms with Crippen molar-refractivity contribution in [2.75, 3.05) is 19.8 Å². The van der Waals surface area contributed by atoms with E-state index in [2.05, 4.69) is 5.10 Å². The summed E-state index contributed by atoms with van der Waals surface area (Å²) in [4.78, 5) is 26.2. The number of aromatic nitrogens is 2. The van der Waals surface area contributed by atoms with Crippen molar-refractivity contribution in [2.45, 2.75) is 50.3 Å². The van der Waals surface area contributed by atoms with Gasteiger partial charge in [0.25, 0.3) is 16.0 Å². The van der Waals surface area contributed by atoms with Crippen LogP contribution in [0.15, 0.2) is 29.2 Å². The van der Waals surface area contributed by atoms with Gasteiger partial charge in [-0.15, -0.1) is 0 Å². The molecule has 13 heteroatoms. The van der Waals surface area contributed by atoms with E-state index >= 15 is 0 Å².